The van der Waals surface area contributed by atoms with Gasteiger partial charge in [-0.2, -0.15) is 0 Å². The molecule has 2 aromatic carbocycles. The van der Waals surface area contributed by atoms with Gasteiger partial charge in [0.25, 0.3) is 0 Å². The predicted octanol–water partition coefficient (Wildman–Crippen LogP) is 1.81. The number of rotatable bonds is 3. The van der Waals surface area contributed by atoms with Crippen LogP contribution in [-0.4, -0.2) is 28.3 Å². The normalized spacial score (nSPS) is 11.2. The molecule has 0 aromatic heterocycles. The quantitative estimate of drug-likeness (QED) is 0.698. The van der Waals surface area contributed by atoms with Crippen LogP contribution in [0.4, 0.5) is 5.69 Å². The molecular formula is C13H10AsCl2NO4. The van der Waals surface area contributed by atoms with Crippen LogP contribution in [0.5, 0.6) is 0 Å². The maximum atomic E-state index is 12.0. The molecule has 8 heteroatoms. The molecule has 2 rings (SSSR count). The van der Waals surface area contributed by atoms with Gasteiger partial charge >= 0.3 is 133 Å². The van der Waals surface area contributed by atoms with Crippen molar-refractivity contribution in [3.05, 3.63) is 58.1 Å². The van der Waals surface area contributed by atoms with E-state index in [9.17, 15) is 8.53 Å². The summed E-state index contributed by atoms with van der Waals surface area (Å²) in [4.78, 5) is 12.0. The average Bonchev–Trinajstić information content (AvgIpc) is 2.38. The zero-order valence-corrected chi connectivity index (χ0v) is 13.8. The van der Waals surface area contributed by atoms with E-state index in [0.29, 0.717) is 10.7 Å². The zero-order valence-electron chi connectivity index (χ0n) is 10.5. The van der Waals surface area contributed by atoms with Crippen LogP contribution in [0.25, 0.3) is 0 Å². The number of hydrogen-bond donors (Lipinski definition) is 3. The van der Waals surface area contributed by atoms with Crippen LogP contribution in [-0.2, 0) is 3.74 Å². The molecule has 0 radical (unpaired) electrons. The molecule has 0 unspecified atom stereocenters. The third-order valence-corrected chi connectivity index (χ3v) is 5.22. The van der Waals surface area contributed by atoms with Crippen molar-refractivity contribution in [3.8, 4) is 0 Å². The fraction of sp³-hybridized carbons (Fsp3) is 0. The van der Waals surface area contributed by atoms with E-state index >= 15 is 0 Å². The molecule has 0 aliphatic heterocycles. The Morgan fingerprint density at radius 3 is 2.19 bits per heavy atom. The molecule has 0 saturated heterocycles. The maximum absolute atomic E-state index is 12.0. The SMILES string of the molecule is O=C(Nc1ccc([As](=O)(O)O)cc1)c1ccc(Cl)cc1Cl. The van der Waals surface area contributed by atoms with Gasteiger partial charge in [0.05, 0.1) is 0 Å². The molecule has 0 saturated carbocycles. The van der Waals surface area contributed by atoms with E-state index in [-0.39, 0.29) is 14.9 Å². The summed E-state index contributed by atoms with van der Waals surface area (Å²) >= 11 is 6.77. The van der Waals surface area contributed by atoms with Crippen LogP contribution in [0.3, 0.4) is 0 Å². The van der Waals surface area contributed by atoms with Gasteiger partial charge in [-0.15, -0.1) is 0 Å². The Morgan fingerprint density at radius 1 is 1.05 bits per heavy atom. The van der Waals surface area contributed by atoms with E-state index in [1.54, 1.807) is 6.07 Å². The van der Waals surface area contributed by atoms with Crippen LogP contribution >= 0.6 is 23.2 Å². The van der Waals surface area contributed by atoms with Gasteiger partial charge in [0.1, 0.15) is 0 Å². The second kappa shape index (κ2) is 6.26. The van der Waals surface area contributed by atoms with E-state index < -0.39 is 20.1 Å². The molecule has 21 heavy (non-hydrogen) atoms. The monoisotopic (exact) mass is 389 g/mol. The summed E-state index contributed by atoms with van der Waals surface area (Å²) in [6.07, 6.45) is 0. The second-order valence-electron chi connectivity index (χ2n) is 4.17. The van der Waals surface area contributed by atoms with E-state index in [0.717, 1.165) is 0 Å². The molecule has 0 aliphatic rings. The number of carbonyl (C=O) groups excluding carboxylic acids is 1. The number of carbonyl (C=O) groups is 1. The number of amides is 1. The number of benzene rings is 2. The van der Waals surface area contributed by atoms with Crippen molar-refractivity contribution in [2.24, 2.45) is 0 Å². The molecule has 110 valence electrons. The van der Waals surface area contributed by atoms with Crippen LogP contribution in [0.1, 0.15) is 10.4 Å². The van der Waals surface area contributed by atoms with Crippen molar-refractivity contribution in [3.63, 3.8) is 0 Å². The first-order chi connectivity index (χ1) is 9.77. The number of halogens is 2. The zero-order chi connectivity index (χ0) is 15.6. The predicted molar refractivity (Wildman–Crippen MR) is 81.4 cm³/mol. The molecule has 0 heterocycles. The second-order valence-corrected chi connectivity index (χ2v) is 8.38. The van der Waals surface area contributed by atoms with Crippen molar-refractivity contribution in [1.29, 1.82) is 0 Å². The molecule has 3 N–H and O–H groups in total. The summed E-state index contributed by atoms with van der Waals surface area (Å²) in [5.41, 5.74) is 0.656. The van der Waals surface area contributed by atoms with Gasteiger partial charge in [-0.25, -0.2) is 0 Å². The molecular weight excluding hydrogens is 380 g/mol. The van der Waals surface area contributed by atoms with Gasteiger partial charge in [0.2, 0.25) is 0 Å². The van der Waals surface area contributed by atoms with Gasteiger partial charge in [0.15, 0.2) is 0 Å². The van der Waals surface area contributed by atoms with Crippen LogP contribution < -0.4 is 9.67 Å². The minimum atomic E-state index is -4.91. The summed E-state index contributed by atoms with van der Waals surface area (Å²) in [7, 11) is 0. The third-order valence-electron chi connectivity index (χ3n) is 2.64. The van der Waals surface area contributed by atoms with Crippen molar-refractivity contribution < 1.29 is 16.7 Å². The summed E-state index contributed by atoms with van der Waals surface area (Å²) in [6, 6.07) is 9.87. The Hall–Kier alpha value is -1.23. The van der Waals surface area contributed by atoms with Gasteiger partial charge in [-0.05, 0) is 0 Å². The van der Waals surface area contributed by atoms with Crippen molar-refractivity contribution in [2.45, 2.75) is 0 Å². The number of anilines is 1. The average molecular weight is 390 g/mol. The molecule has 0 aliphatic carbocycles. The molecule has 0 fully saturated rings. The summed E-state index contributed by atoms with van der Waals surface area (Å²) in [5.74, 6) is -0.439. The van der Waals surface area contributed by atoms with E-state index in [1.807, 2.05) is 0 Å². The molecule has 2 aromatic rings. The number of nitrogens with one attached hydrogen (secondary N) is 1. The van der Waals surface area contributed by atoms with Crippen molar-refractivity contribution in [2.75, 3.05) is 5.32 Å². The Kier molecular flexibility index (Phi) is 4.81. The summed E-state index contributed by atoms with van der Waals surface area (Å²) in [5, 5.41) is 3.22. The molecule has 0 bridgehead atoms. The third kappa shape index (κ3) is 4.12. The van der Waals surface area contributed by atoms with Crippen LogP contribution in [0.15, 0.2) is 42.5 Å². The first-order valence-corrected chi connectivity index (χ1v) is 9.84. The van der Waals surface area contributed by atoms with Gasteiger partial charge < -0.3 is 0 Å². The standard InChI is InChI=1S/C13H10AsCl2NO4/c15-9-3-6-11(12(16)7-9)13(18)17-10-4-1-8(2-5-10)14(19,20)21/h1-7H,(H,17,18)(H2,19,20,21). The molecule has 0 atom stereocenters. The fourth-order valence-corrected chi connectivity index (χ4v) is 3.23. The molecule has 5 nitrogen and oxygen atoms in total. The molecule has 1 amide bonds. The van der Waals surface area contributed by atoms with Crippen molar-refractivity contribution >= 4 is 53.3 Å². The summed E-state index contributed by atoms with van der Waals surface area (Å²) < 4.78 is 29.2. The first-order valence-electron chi connectivity index (χ1n) is 5.70. The van der Waals surface area contributed by atoms with Crippen molar-refractivity contribution in [1.82, 2.24) is 0 Å². The Morgan fingerprint density at radius 2 is 1.67 bits per heavy atom. The van der Waals surface area contributed by atoms with E-state index in [4.69, 9.17) is 31.4 Å². The van der Waals surface area contributed by atoms with Gasteiger partial charge in [-0.1, -0.05) is 0 Å². The van der Waals surface area contributed by atoms with Crippen LogP contribution in [0.2, 0.25) is 10.0 Å². The Bertz CT molecular complexity index is 727. The number of hydrogen-bond acceptors (Lipinski definition) is 2. The van der Waals surface area contributed by atoms with E-state index in [2.05, 4.69) is 5.32 Å². The van der Waals surface area contributed by atoms with Gasteiger partial charge in [0, 0.05) is 0 Å². The minimum absolute atomic E-state index is 0.0596. The summed E-state index contributed by atoms with van der Waals surface area (Å²) in [6.45, 7) is 0. The fourth-order valence-electron chi connectivity index (χ4n) is 1.61. The van der Waals surface area contributed by atoms with Gasteiger partial charge in [-0.3, -0.25) is 0 Å². The Labute approximate surface area is 133 Å². The first kappa shape index (κ1) is 16.1. The topological polar surface area (TPSA) is 86.6 Å². The molecule has 0 spiro atoms. The Balaban J connectivity index is 2.18. The van der Waals surface area contributed by atoms with E-state index in [1.165, 1.54) is 36.4 Å². The van der Waals surface area contributed by atoms with Crippen LogP contribution in [0, 0.1) is 0 Å².